The highest BCUT2D eigenvalue weighted by Gasteiger charge is 2.26. The number of aromatic hydroxyl groups is 1. The van der Waals surface area contributed by atoms with E-state index >= 15 is 0 Å². The second-order valence-corrected chi connectivity index (χ2v) is 5.68. The molecule has 2 aromatic carbocycles. The van der Waals surface area contributed by atoms with E-state index in [9.17, 15) is 9.90 Å². The van der Waals surface area contributed by atoms with Gasteiger partial charge in [0.2, 0.25) is 0 Å². The van der Waals surface area contributed by atoms with Crippen LogP contribution in [0.5, 0.6) is 5.75 Å². The lowest BCUT2D eigenvalue weighted by Crippen LogP contribution is -2.51. The van der Waals surface area contributed by atoms with Crippen LogP contribution < -0.4 is 0 Å². The molecule has 0 unspecified atom stereocenters. The Bertz CT molecular complexity index is 696. The minimum absolute atomic E-state index is 0.0578. The number of rotatable bonds is 4. The van der Waals surface area contributed by atoms with Gasteiger partial charge >= 0.3 is 0 Å². The topological polar surface area (TPSA) is 53.0 Å². The summed E-state index contributed by atoms with van der Waals surface area (Å²) in [6.45, 7) is 5.31. The molecule has 0 atom stereocenters. The van der Waals surface area contributed by atoms with Crippen molar-refractivity contribution in [2.45, 2.75) is 13.3 Å². The van der Waals surface area contributed by atoms with Crippen molar-refractivity contribution in [2.24, 2.45) is 0 Å². The number of amides is 1. The van der Waals surface area contributed by atoms with Gasteiger partial charge in [-0.3, -0.25) is 9.80 Å². The number of phenolic OH excluding ortho intramolecular Hbond substituents is 1. The molecule has 0 radical (unpaired) electrons. The molecule has 0 bridgehead atoms. The van der Waals surface area contributed by atoms with E-state index in [1.54, 1.807) is 11.1 Å². The van der Waals surface area contributed by atoms with E-state index in [1.165, 1.54) is 0 Å². The van der Waals surface area contributed by atoms with Crippen molar-refractivity contribution < 1.29 is 14.6 Å². The summed E-state index contributed by atoms with van der Waals surface area (Å²) in [5, 5.41) is 15.9. The lowest BCUT2D eigenvalue weighted by molar-refractivity contribution is -0.0698. The third-order valence-electron chi connectivity index (χ3n) is 4.13. The van der Waals surface area contributed by atoms with Gasteiger partial charge in [0.15, 0.2) is 0 Å². The van der Waals surface area contributed by atoms with Crippen LogP contribution in [0.4, 0.5) is 0 Å². The molecule has 5 nitrogen and oxygen atoms in total. The highest BCUT2D eigenvalue weighted by molar-refractivity contribution is 6.03. The second kappa shape index (κ2) is 6.98. The molecule has 1 aliphatic rings. The Morgan fingerprint density at radius 3 is 2.70 bits per heavy atom. The first kappa shape index (κ1) is 15.8. The third kappa shape index (κ3) is 3.16. The predicted molar refractivity (Wildman–Crippen MR) is 89.3 cm³/mol. The molecular formula is C18H22N2O3. The summed E-state index contributed by atoms with van der Waals surface area (Å²) < 4.78 is 5.37. The van der Waals surface area contributed by atoms with Crippen molar-refractivity contribution in [3.05, 3.63) is 42.0 Å². The molecule has 2 aromatic rings. The number of benzene rings is 2. The van der Waals surface area contributed by atoms with Gasteiger partial charge in [-0.05, 0) is 17.9 Å². The van der Waals surface area contributed by atoms with E-state index in [0.29, 0.717) is 43.8 Å². The Morgan fingerprint density at radius 2 is 1.96 bits per heavy atom. The normalized spacial score (nSPS) is 15.7. The summed E-state index contributed by atoms with van der Waals surface area (Å²) in [6.07, 6.45) is 0.859. The van der Waals surface area contributed by atoms with Crippen LogP contribution in [0.2, 0.25) is 0 Å². The van der Waals surface area contributed by atoms with E-state index in [-0.39, 0.29) is 11.7 Å². The maximum Gasteiger partial charge on any atom is 0.271 e. The summed E-state index contributed by atoms with van der Waals surface area (Å²) in [6, 6.07) is 11.1. The standard InChI is InChI=1S/C18H22N2O3/c1-2-9-20(19-10-12-23-13-11-19)18(22)16-8-7-14-5-3-4-6-15(14)17(16)21/h3-8,21H,2,9-13H2,1H3. The molecule has 1 fully saturated rings. The fraction of sp³-hybridized carbons (Fsp3) is 0.389. The van der Waals surface area contributed by atoms with Gasteiger partial charge in [0, 0.05) is 25.0 Å². The Kier molecular flexibility index (Phi) is 4.79. The minimum atomic E-state index is -0.156. The van der Waals surface area contributed by atoms with Gasteiger partial charge in [0.25, 0.3) is 5.91 Å². The summed E-state index contributed by atoms with van der Waals surface area (Å²) >= 11 is 0. The minimum Gasteiger partial charge on any atom is -0.506 e. The number of carbonyl (C=O) groups is 1. The summed E-state index contributed by atoms with van der Waals surface area (Å²) in [4.78, 5) is 13.0. The fourth-order valence-electron chi connectivity index (χ4n) is 2.95. The van der Waals surface area contributed by atoms with Crippen LogP contribution in [0, 0.1) is 0 Å². The number of fused-ring (bicyclic) bond motifs is 1. The number of ether oxygens (including phenoxy) is 1. The molecule has 1 aliphatic heterocycles. The lowest BCUT2D eigenvalue weighted by atomic mass is 10.0. The number of hydrogen-bond acceptors (Lipinski definition) is 4. The largest absolute Gasteiger partial charge is 0.506 e. The zero-order valence-electron chi connectivity index (χ0n) is 13.4. The SMILES string of the molecule is CCCN(C(=O)c1ccc2ccccc2c1O)N1CCOCC1. The van der Waals surface area contributed by atoms with Gasteiger partial charge in [-0.15, -0.1) is 0 Å². The Labute approximate surface area is 136 Å². The van der Waals surface area contributed by atoms with Gasteiger partial charge in [-0.1, -0.05) is 37.3 Å². The van der Waals surface area contributed by atoms with Crippen LogP contribution >= 0.6 is 0 Å². The van der Waals surface area contributed by atoms with Crippen molar-refractivity contribution in [3.63, 3.8) is 0 Å². The monoisotopic (exact) mass is 314 g/mol. The Morgan fingerprint density at radius 1 is 1.22 bits per heavy atom. The first-order valence-corrected chi connectivity index (χ1v) is 8.07. The van der Waals surface area contributed by atoms with Crippen LogP contribution in [0.3, 0.4) is 0 Å². The Balaban J connectivity index is 1.94. The second-order valence-electron chi connectivity index (χ2n) is 5.68. The number of carbonyl (C=O) groups excluding carboxylic acids is 1. The van der Waals surface area contributed by atoms with E-state index in [4.69, 9.17) is 4.74 Å². The van der Waals surface area contributed by atoms with Gasteiger partial charge in [0.05, 0.1) is 18.8 Å². The molecule has 5 heteroatoms. The highest BCUT2D eigenvalue weighted by atomic mass is 16.5. The van der Waals surface area contributed by atoms with E-state index in [0.717, 1.165) is 11.8 Å². The maximum atomic E-state index is 13.0. The van der Waals surface area contributed by atoms with Crippen LogP contribution in [0.25, 0.3) is 10.8 Å². The average Bonchev–Trinajstić information content (AvgIpc) is 2.60. The number of phenols is 1. The van der Waals surface area contributed by atoms with Crippen molar-refractivity contribution in [1.82, 2.24) is 10.0 Å². The summed E-state index contributed by atoms with van der Waals surface area (Å²) in [7, 11) is 0. The van der Waals surface area contributed by atoms with Gasteiger partial charge in [-0.2, -0.15) is 0 Å². The molecule has 0 aromatic heterocycles. The number of morpholine rings is 1. The molecular weight excluding hydrogens is 292 g/mol. The smallest absolute Gasteiger partial charge is 0.271 e. The average molecular weight is 314 g/mol. The third-order valence-corrected chi connectivity index (χ3v) is 4.13. The quantitative estimate of drug-likeness (QED) is 0.942. The fourth-order valence-corrected chi connectivity index (χ4v) is 2.95. The molecule has 1 amide bonds. The molecule has 1 heterocycles. The van der Waals surface area contributed by atoms with Crippen molar-refractivity contribution >= 4 is 16.7 Å². The van der Waals surface area contributed by atoms with Gasteiger partial charge < -0.3 is 9.84 Å². The van der Waals surface area contributed by atoms with Gasteiger partial charge in [0.1, 0.15) is 5.75 Å². The van der Waals surface area contributed by atoms with Crippen LogP contribution in [0.15, 0.2) is 36.4 Å². The zero-order valence-corrected chi connectivity index (χ0v) is 13.4. The van der Waals surface area contributed by atoms with Crippen LogP contribution in [-0.4, -0.2) is 53.9 Å². The maximum absolute atomic E-state index is 13.0. The zero-order chi connectivity index (χ0) is 16.2. The Hall–Kier alpha value is -2.11. The van der Waals surface area contributed by atoms with Crippen molar-refractivity contribution in [2.75, 3.05) is 32.8 Å². The van der Waals surface area contributed by atoms with Crippen molar-refractivity contribution in [1.29, 1.82) is 0 Å². The molecule has 0 aliphatic carbocycles. The van der Waals surface area contributed by atoms with E-state index in [2.05, 4.69) is 0 Å². The summed E-state index contributed by atoms with van der Waals surface area (Å²) in [5.41, 5.74) is 0.351. The number of hydrogen-bond donors (Lipinski definition) is 1. The molecule has 1 saturated heterocycles. The predicted octanol–water partition coefficient (Wildman–Crippen LogP) is 2.64. The molecule has 122 valence electrons. The molecule has 23 heavy (non-hydrogen) atoms. The summed E-state index contributed by atoms with van der Waals surface area (Å²) in [5.74, 6) is -0.0977. The first-order valence-electron chi connectivity index (χ1n) is 8.07. The van der Waals surface area contributed by atoms with E-state index < -0.39 is 0 Å². The van der Waals surface area contributed by atoms with Crippen LogP contribution in [-0.2, 0) is 4.74 Å². The molecule has 1 N–H and O–H groups in total. The lowest BCUT2D eigenvalue weighted by Gasteiger charge is -2.37. The highest BCUT2D eigenvalue weighted by Crippen LogP contribution is 2.29. The first-order chi connectivity index (χ1) is 11.2. The number of nitrogens with zero attached hydrogens (tertiary/aromatic N) is 2. The number of hydrazine groups is 1. The van der Waals surface area contributed by atoms with Crippen LogP contribution in [0.1, 0.15) is 23.7 Å². The van der Waals surface area contributed by atoms with Gasteiger partial charge in [-0.25, -0.2) is 5.01 Å². The van der Waals surface area contributed by atoms with E-state index in [1.807, 2.05) is 42.3 Å². The molecule has 3 rings (SSSR count). The van der Waals surface area contributed by atoms with Crippen molar-refractivity contribution in [3.8, 4) is 5.75 Å². The molecule has 0 saturated carbocycles. The molecule has 0 spiro atoms.